The van der Waals surface area contributed by atoms with Gasteiger partial charge < -0.3 is 9.47 Å². The minimum atomic E-state index is 0.802. The van der Waals surface area contributed by atoms with Crippen molar-refractivity contribution >= 4 is 12.2 Å². The summed E-state index contributed by atoms with van der Waals surface area (Å²) < 4.78 is 12.4. The van der Waals surface area contributed by atoms with Crippen LogP contribution >= 0.6 is 0 Å². The van der Waals surface area contributed by atoms with E-state index in [2.05, 4.69) is 5.10 Å². The average molecular weight is 257 g/mol. The molecule has 4 nitrogen and oxygen atoms in total. The third kappa shape index (κ3) is 3.10. The zero-order valence-electron chi connectivity index (χ0n) is 11.3. The molecule has 1 aromatic carbocycles. The molecule has 0 aliphatic carbocycles. The van der Waals surface area contributed by atoms with Crippen molar-refractivity contribution in [3.8, 4) is 11.5 Å². The number of ether oxygens (including phenoxy) is 2. The van der Waals surface area contributed by atoms with Crippen LogP contribution in [0.5, 0.6) is 11.5 Å². The molecule has 0 radical (unpaired) electrons. The van der Waals surface area contributed by atoms with Gasteiger partial charge in [-0.2, -0.15) is 0 Å². The highest BCUT2D eigenvalue weighted by molar-refractivity contribution is 5.71. The Bertz CT molecular complexity index is 594. The van der Waals surface area contributed by atoms with E-state index in [9.17, 15) is 0 Å². The van der Waals surface area contributed by atoms with Gasteiger partial charge >= 0.3 is 0 Å². The zero-order valence-corrected chi connectivity index (χ0v) is 11.3. The Labute approximate surface area is 112 Å². The van der Waals surface area contributed by atoms with Crippen molar-refractivity contribution in [2.45, 2.75) is 0 Å². The van der Waals surface area contributed by atoms with Crippen LogP contribution in [-0.2, 0) is 7.05 Å². The number of hydrogen-bond donors (Lipinski definition) is 0. The summed E-state index contributed by atoms with van der Waals surface area (Å²) in [7, 11) is 5.21. The quantitative estimate of drug-likeness (QED) is 0.787. The van der Waals surface area contributed by atoms with E-state index < -0.39 is 0 Å². The van der Waals surface area contributed by atoms with Gasteiger partial charge in [0.25, 0.3) is 0 Å². The van der Waals surface area contributed by atoms with E-state index >= 15 is 0 Å². The number of aryl methyl sites for hydroxylation is 1. The molecular weight excluding hydrogens is 240 g/mol. The van der Waals surface area contributed by atoms with Crippen molar-refractivity contribution in [1.29, 1.82) is 0 Å². The van der Waals surface area contributed by atoms with Crippen molar-refractivity contribution in [1.82, 2.24) is 5.10 Å². The number of aromatic nitrogens is 2. The Morgan fingerprint density at radius 3 is 2.63 bits per heavy atom. The van der Waals surface area contributed by atoms with Gasteiger partial charge in [0.05, 0.1) is 20.4 Å². The molecule has 0 bridgehead atoms. The van der Waals surface area contributed by atoms with Gasteiger partial charge in [-0.3, -0.25) is 0 Å². The average Bonchev–Trinajstić information content (AvgIpc) is 2.46. The second-order valence-electron chi connectivity index (χ2n) is 4.01. The second kappa shape index (κ2) is 6.00. The molecule has 19 heavy (non-hydrogen) atoms. The molecule has 0 amide bonds. The molecule has 2 rings (SSSR count). The molecule has 0 saturated carbocycles. The van der Waals surface area contributed by atoms with E-state index in [1.54, 1.807) is 20.4 Å². The Morgan fingerprint density at radius 1 is 1.11 bits per heavy atom. The standard InChI is InChI=1S/C15H17N2O2/c1-17-13(5-4-10-16-17)7-6-12-11-14(18-2)8-9-15(12)19-3/h4-11H,1-3H3/q+1/b7-6+. The first-order valence-corrected chi connectivity index (χ1v) is 5.96. The van der Waals surface area contributed by atoms with Crippen molar-refractivity contribution < 1.29 is 14.2 Å². The van der Waals surface area contributed by atoms with Crippen molar-refractivity contribution in [3.63, 3.8) is 0 Å². The molecule has 0 aliphatic rings. The molecule has 0 spiro atoms. The maximum absolute atomic E-state index is 5.33. The molecule has 0 saturated heterocycles. The fourth-order valence-electron chi connectivity index (χ4n) is 1.76. The highest BCUT2D eigenvalue weighted by Crippen LogP contribution is 2.25. The lowest BCUT2D eigenvalue weighted by molar-refractivity contribution is -0.732. The van der Waals surface area contributed by atoms with Crippen LogP contribution in [0.4, 0.5) is 0 Å². The first-order chi connectivity index (χ1) is 9.24. The summed E-state index contributed by atoms with van der Waals surface area (Å²) in [4.78, 5) is 0. The van der Waals surface area contributed by atoms with Crippen LogP contribution in [-0.4, -0.2) is 19.3 Å². The van der Waals surface area contributed by atoms with Gasteiger partial charge in [-0.25, -0.2) is 0 Å². The highest BCUT2D eigenvalue weighted by Gasteiger charge is 2.04. The monoisotopic (exact) mass is 257 g/mol. The Balaban J connectivity index is 2.34. The number of rotatable bonds is 4. The highest BCUT2D eigenvalue weighted by atomic mass is 16.5. The minimum absolute atomic E-state index is 0.802. The predicted molar refractivity (Wildman–Crippen MR) is 73.9 cm³/mol. The molecule has 1 heterocycles. The number of nitrogens with zero attached hydrogens (tertiary/aromatic N) is 2. The van der Waals surface area contributed by atoms with Gasteiger partial charge in [0.2, 0.25) is 5.69 Å². The summed E-state index contributed by atoms with van der Waals surface area (Å²) in [6.45, 7) is 0. The van der Waals surface area contributed by atoms with Gasteiger partial charge in [-0.15, -0.1) is 0 Å². The first-order valence-electron chi connectivity index (χ1n) is 5.96. The van der Waals surface area contributed by atoms with E-state index in [0.717, 1.165) is 22.8 Å². The molecular formula is C15H17N2O2+. The van der Waals surface area contributed by atoms with Gasteiger partial charge in [-0.05, 0) is 35.4 Å². The summed E-state index contributed by atoms with van der Waals surface area (Å²) in [5, 5.41) is 4.18. The molecule has 98 valence electrons. The van der Waals surface area contributed by atoms with Gasteiger partial charge in [-0.1, -0.05) is 4.68 Å². The molecule has 0 atom stereocenters. The lowest BCUT2D eigenvalue weighted by Gasteiger charge is -2.06. The Kier molecular flexibility index (Phi) is 4.13. The smallest absolute Gasteiger partial charge is 0.231 e. The fraction of sp³-hybridized carbons (Fsp3) is 0.200. The third-order valence-electron chi connectivity index (χ3n) is 2.84. The van der Waals surface area contributed by atoms with Crippen molar-refractivity contribution in [2.75, 3.05) is 14.2 Å². The predicted octanol–water partition coefficient (Wildman–Crippen LogP) is 2.09. The van der Waals surface area contributed by atoms with Crippen LogP contribution in [0.1, 0.15) is 11.3 Å². The molecule has 0 unspecified atom stereocenters. The maximum atomic E-state index is 5.33. The minimum Gasteiger partial charge on any atom is -0.497 e. The van der Waals surface area contributed by atoms with E-state index in [1.807, 2.05) is 54.2 Å². The molecule has 1 aromatic heterocycles. The topological polar surface area (TPSA) is 35.2 Å². The van der Waals surface area contributed by atoms with Gasteiger partial charge in [0.15, 0.2) is 7.05 Å². The van der Waals surface area contributed by atoms with Crippen LogP contribution in [0.25, 0.3) is 12.2 Å². The third-order valence-corrected chi connectivity index (χ3v) is 2.84. The lowest BCUT2D eigenvalue weighted by Crippen LogP contribution is -2.35. The van der Waals surface area contributed by atoms with Crippen LogP contribution < -0.4 is 14.2 Å². The van der Waals surface area contributed by atoms with E-state index in [-0.39, 0.29) is 0 Å². The number of benzene rings is 1. The number of hydrogen-bond acceptors (Lipinski definition) is 3. The summed E-state index contributed by atoms with van der Waals surface area (Å²) in [6.07, 6.45) is 5.73. The summed E-state index contributed by atoms with van der Waals surface area (Å²) in [5.74, 6) is 1.61. The summed E-state index contributed by atoms with van der Waals surface area (Å²) >= 11 is 0. The van der Waals surface area contributed by atoms with Crippen LogP contribution in [0.2, 0.25) is 0 Å². The van der Waals surface area contributed by atoms with Crippen LogP contribution in [0, 0.1) is 0 Å². The summed E-state index contributed by atoms with van der Waals surface area (Å²) in [6, 6.07) is 9.60. The van der Waals surface area contributed by atoms with Gasteiger partial charge in [0.1, 0.15) is 11.5 Å². The number of methoxy groups -OCH3 is 2. The molecule has 0 aliphatic heterocycles. The first kappa shape index (κ1) is 13.1. The van der Waals surface area contributed by atoms with Crippen LogP contribution in [0.3, 0.4) is 0 Å². The maximum Gasteiger partial charge on any atom is 0.231 e. The van der Waals surface area contributed by atoms with Crippen molar-refractivity contribution in [2.24, 2.45) is 7.05 Å². The van der Waals surface area contributed by atoms with E-state index in [4.69, 9.17) is 9.47 Å². The molecule has 0 N–H and O–H groups in total. The second-order valence-corrected chi connectivity index (χ2v) is 4.01. The van der Waals surface area contributed by atoms with E-state index in [0.29, 0.717) is 0 Å². The zero-order chi connectivity index (χ0) is 13.7. The normalized spacial score (nSPS) is 10.7. The Hall–Kier alpha value is -2.36. The molecule has 0 fully saturated rings. The lowest BCUT2D eigenvalue weighted by atomic mass is 10.1. The molecule has 2 aromatic rings. The Morgan fingerprint density at radius 2 is 1.95 bits per heavy atom. The van der Waals surface area contributed by atoms with Gasteiger partial charge in [0, 0.05) is 17.7 Å². The van der Waals surface area contributed by atoms with E-state index in [1.165, 1.54) is 0 Å². The SMILES string of the molecule is COc1ccc(OC)c(/C=C/c2cccn[n+]2C)c1. The fourth-order valence-corrected chi connectivity index (χ4v) is 1.76. The summed E-state index contributed by atoms with van der Waals surface area (Å²) in [5.41, 5.74) is 1.97. The van der Waals surface area contributed by atoms with Crippen molar-refractivity contribution in [3.05, 3.63) is 47.8 Å². The van der Waals surface area contributed by atoms with Crippen LogP contribution in [0.15, 0.2) is 36.5 Å². The molecule has 4 heteroatoms. The largest absolute Gasteiger partial charge is 0.497 e.